The van der Waals surface area contributed by atoms with Gasteiger partial charge in [0, 0.05) is 5.92 Å². The molecule has 108 valence electrons. The van der Waals surface area contributed by atoms with Crippen LogP contribution in [0.2, 0.25) is 0 Å². The molecule has 0 bridgehead atoms. The van der Waals surface area contributed by atoms with E-state index in [-0.39, 0.29) is 11.2 Å². The van der Waals surface area contributed by atoms with E-state index in [1.165, 1.54) is 11.1 Å². The van der Waals surface area contributed by atoms with Crippen molar-refractivity contribution in [2.75, 3.05) is 0 Å². The van der Waals surface area contributed by atoms with Crippen LogP contribution in [0.1, 0.15) is 31.4 Å². The highest BCUT2D eigenvalue weighted by Gasteiger charge is 2.15. The summed E-state index contributed by atoms with van der Waals surface area (Å²) in [7, 11) is 0. The molecule has 0 aliphatic carbocycles. The van der Waals surface area contributed by atoms with Crippen LogP contribution in [0.3, 0.4) is 0 Å². The van der Waals surface area contributed by atoms with Crippen LogP contribution >= 0.6 is 11.6 Å². The van der Waals surface area contributed by atoms with E-state index in [0.717, 1.165) is 11.1 Å². The number of halogens is 1. The van der Waals surface area contributed by atoms with Gasteiger partial charge in [0.1, 0.15) is 0 Å². The first-order valence-corrected chi connectivity index (χ1v) is 7.47. The van der Waals surface area contributed by atoms with Gasteiger partial charge in [-0.3, -0.25) is 4.79 Å². The van der Waals surface area contributed by atoms with Crippen LogP contribution in [0, 0.1) is 5.92 Å². The fraction of sp³-hybridized carbons (Fsp3) is 0.211. The average molecular weight is 299 g/mol. The molecule has 0 saturated carbocycles. The Morgan fingerprint density at radius 2 is 1.38 bits per heavy atom. The summed E-state index contributed by atoms with van der Waals surface area (Å²) in [5, 5.41) is -0.283. The molecular weight excluding hydrogens is 280 g/mol. The van der Waals surface area contributed by atoms with Crippen molar-refractivity contribution in [3.63, 3.8) is 0 Å². The first-order chi connectivity index (χ1) is 10.1. The Bertz CT molecular complexity index is 588. The quantitative estimate of drug-likeness (QED) is 0.685. The van der Waals surface area contributed by atoms with E-state index >= 15 is 0 Å². The Hall–Kier alpha value is -1.86. The summed E-state index contributed by atoms with van der Waals surface area (Å²) >= 11 is 5.61. The lowest BCUT2D eigenvalue weighted by Gasteiger charge is -2.15. The predicted octanol–water partition coefficient (Wildman–Crippen LogP) is 5.30. The summed E-state index contributed by atoms with van der Waals surface area (Å²) in [5.74, 6) is -0.172. The molecule has 0 amide bonds. The van der Waals surface area contributed by atoms with Crippen molar-refractivity contribution in [1.29, 1.82) is 0 Å². The maximum Gasteiger partial charge on any atom is 0.224 e. The number of rotatable bonds is 5. The van der Waals surface area contributed by atoms with Gasteiger partial charge in [0.05, 0.1) is 0 Å². The molecule has 1 nitrogen and oxygen atoms in total. The average Bonchev–Trinajstić information content (AvgIpc) is 2.49. The van der Waals surface area contributed by atoms with Gasteiger partial charge in [-0.2, -0.15) is 0 Å². The lowest BCUT2D eigenvalue weighted by molar-refractivity contribution is -0.114. The Morgan fingerprint density at radius 1 is 0.952 bits per heavy atom. The van der Waals surface area contributed by atoms with Gasteiger partial charge in [0.2, 0.25) is 5.24 Å². The van der Waals surface area contributed by atoms with Gasteiger partial charge in [0.15, 0.2) is 0 Å². The molecule has 0 aliphatic rings. The molecule has 21 heavy (non-hydrogen) atoms. The Kier molecular flexibility index (Phi) is 5.35. The van der Waals surface area contributed by atoms with Crippen LogP contribution in [0.4, 0.5) is 0 Å². The second-order valence-electron chi connectivity index (χ2n) is 5.30. The minimum Gasteiger partial charge on any atom is -0.281 e. The molecular formula is C19H19ClO. The van der Waals surface area contributed by atoms with E-state index in [0.29, 0.717) is 6.42 Å². The van der Waals surface area contributed by atoms with Crippen molar-refractivity contribution in [2.24, 2.45) is 5.92 Å². The fourth-order valence-electron chi connectivity index (χ4n) is 2.51. The second-order valence-corrected chi connectivity index (χ2v) is 5.67. The van der Waals surface area contributed by atoms with Gasteiger partial charge < -0.3 is 0 Å². The predicted molar refractivity (Wildman–Crippen MR) is 89.2 cm³/mol. The SMILES string of the molecule is CC(CC(C)C(=O)Cl)=C(c1ccccc1)c1ccccc1. The van der Waals surface area contributed by atoms with E-state index in [9.17, 15) is 4.79 Å². The van der Waals surface area contributed by atoms with Gasteiger partial charge in [-0.05, 0) is 41.6 Å². The van der Waals surface area contributed by atoms with Crippen molar-refractivity contribution in [3.05, 3.63) is 77.4 Å². The van der Waals surface area contributed by atoms with Crippen LogP contribution in [0.15, 0.2) is 66.2 Å². The van der Waals surface area contributed by atoms with Crippen LogP contribution in [0.25, 0.3) is 5.57 Å². The minimum absolute atomic E-state index is 0.172. The Balaban J connectivity index is 2.48. The van der Waals surface area contributed by atoms with Gasteiger partial charge >= 0.3 is 0 Å². The highest BCUT2D eigenvalue weighted by atomic mass is 35.5. The van der Waals surface area contributed by atoms with Gasteiger partial charge in [-0.1, -0.05) is 73.2 Å². The van der Waals surface area contributed by atoms with Crippen LogP contribution < -0.4 is 0 Å². The van der Waals surface area contributed by atoms with E-state index in [1.54, 1.807) is 0 Å². The number of allylic oxidation sites excluding steroid dienone is 1. The van der Waals surface area contributed by atoms with E-state index in [4.69, 9.17) is 11.6 Å². The van der Waals surface area contributed by atoms with Crippen LogP contribution in [0.5, 0.6) is 0 Å². The van der Waals surface area contributed by atoms with Crippen molar-refractivity contribution in [2.45, 2.75) is 20.3 Å². The molecule has 2 aromatic carbocycles. The summed E-state index contributed by atoms with van der Waals surface area (Å²) in [4.78, 5) is 11.3. The maximum absolute atomic E-state index is 11.3. The summed E-state index contributed by atoms with van der Waals surface area (Å²) in [6, 6.07) is 20.5. The van der Waals surface area contributed by atoms with E-state index in [2.05, 4.69) is 31.2 Å². The highest BCUT2D eigenvalue weighted by Crippen LogP contribution is 2.30. The zero-order valence-corrected chi connectivity index (χ0v) is 13.1. The van der Waals surface area contributed by atoms with E-state index in [1.807, 2.05) is 43.3 Å². The third kappa shape index (κ3) is 4.05. The van der Waals surface area contributed by atoms with Crippen molar-refractivity contribution in [3.8, 4) is 0 Å². The minimum atomic E-state index is -0.283. The molecule has 1 unspecified atom stereocenters. The maximum atomic E-state index is 11.3. The molecule has 0 fully saturated rings. The number of carbonyl (C=O) groups excluding carboxylic acids is 1. The fourth-order valence-corrected chi connectivity index (χ4v) is 2.59. The third-order valence-electron chi connectivity index (χ3n) is 3.55. The first-order valence-electron chi connectivity index (χ1n) is 7.09. The summed E-state index contributed by atoms with van der Waals surface area (Å²) in [6.45, 7) is 3.94. The third-order valence-corrected chi connectivity index (χ3v) is 3.92. The molecule has 0 aliphatic heterocycles. The first kappa shape index (κ1) is 15.5. The Labute approximate surface area is 131 Å². The molecule has 2 rings (SSSR count). The zero-order valence-electron chi connectivity index (χ0n) is 12.3. The standard InChI is InChI=1S/C19H19ClO/c1-14(13-15(2)19(20)21)18(16-9-5-3-6-10-16)17-11-7-4-8-12-17/h3-12,15H,13H2,1-2H3. The molecule has 0 N–H and O–H groups in total. The molecule has 0 aromatic heterocycles. The monoisotopic (exact) mass is 298 g/mol. The smallest absolute Gasteiger partial charge is 0.224 e. The lowest BCUT2D eigenvalue weighted by Crippen LogP contribution is -2.05. The Morgan fingerprint density at radius 3 is 1.76 bits per heavy atom. The number of hydrogen-bond acceptors (Lipinski definition) is 1. The molecule has 0 radical (unpaired) electrons. The molecule has 0 heterocycles. The van der Waals surface area contributed by atoms with Gasteiger partial charge in [-0.15, -0.1) is 0 Å². The summed E-state index contributed by atoms with van der Waals surface area (Å²) < 4.78 is 0. The lowest BCUT2D eigenvalue weighted by atomic mass is 9.90. The van der Waals surface area contributed by atoms with Gasteiger partial charge in [0.25, 0.3) is 0 Å². The molecule has 2 heteroatoms. The summed E-state index contributed by atoms with van der Waals surface area (Å²) in [5.41, 5.74) is 4.68. The molecule has 0 spiro atoms. The number of hydrogen-bond donors (Lipinski definition) is 0. The number of carbonyl (C=O) groups is 1. The van der Waals surface area contributed by atoms with Crippen molar-refractivity contribution in [1.82, 2.24) is 0 Å². The number of benzene rings is 2. The van der Waals surface area contributed by atoms with Crippen LogP contribution in [-0.2, 0) is 4.79 Å². The largest absolute Gasteiger partial charge is 0.281 e. The molecule has 1 atom stereocenters. The second kappa shape index (κ2) is 7.24. The van der Waals surface area contributed by atoms with Crippen molar-refractivity contribution >= 4 is 22.4 Å². The molecule has 2 aromatic rings. The zero-order chi connectivity index (χ0) is 15.2. The van der Waals surface area contributed by atoms with E-state index < -0.39 is 0 Å². The van der Waals surface area contributed by atoms with Crippen LogP contribution in [-0.4, -0.2) is 5.24 Å². The van der Waals surface area contributed by atoms with Gasteiger partial charge in [-0.25, -0.2) is 0 Å². The van der Waals surface area contributed by atoms with Crippen molar-refractivity contribution < 1.29 is 4.79 Å². The topological polar surface area (TPSA) is 17.1 Å². The normalized spacial score (nSPS) is 11.8. The highest BCUT2D eigenvalue weighted by molar-refractivity contribution is 6.63. The summed E-state index contributed by atoms with van der Waals surface area (Å²) in [6.07, 6.45) is 0.668. The molecule has 0 saturated heterocycles.